The predicted octanol–water partition coefficient (Wildman–Crippen LogP) is 5.01. The van der Waals surface area contributed by atoms with Crippen molar-refractivity contribution in [2.75, 3.05) is 6.54 Å². The summed E-state index contributed by atoms with van der Waals surface area (Å²) >= 11 is 0. The number of amides is 2. The number of benzene rings is 1. The van der Waals surface area contributed by atoms with Crippen molar-refractivity contribution in [2.24, 2.45) is 22.6 Å². The molecule has 6 heterocycles. The first-order valence-electron chi connectivity index (χ1n) is 15.3. The zero-order valence-corrected chi connectivity index (χ0v) is 24.2. The second kappa shape index (κ2) is 9.15. The third kappa shape index (κ3) is 3.76. The number of likely N-dealkylation sites (tertiary alicyclic amines) is 1. The van der Waals surface area contributed by atoms with Crippen molar-refractivity contribution in [3.8, 4) is 22.6 Å². The zero-order chi connectivity index (χ0) is 29.9. The highest BCUT2D eigenvalue weighted by Gasteiger charge is 2.47. The van der Waals surface area contributed by atoms with Gasteiger partial charge in [0.25, 0.3) is 11.8 Å². The van der Waals surface area contributed by atoms with E-state index in [0.29, 0.717) is 40.7 Å². The molecule has 2 N–H and O–H groups in total. The van der Waals surface area contributed by atoms with Gasteiger partial charge in [0, 0.05) is 59.7 Å². The van der Waals surface area contributed by atoms with Crippen LogP contribution in [0.15, 0.2) is 53.7 Å². The number of hydrogen-bond acceptors (Lipinski definition) is 5. The molecule has 9 rings (SSSR count). The molecule has 3 fully saturated rings. The lowest BCUT2D eigenvalue weighted by atomic mass is 10.0. The van der Waals surface area contributed by atoms with Crippen molar-refractivity contribution in [1.82, 2.24) is 24.1 Å². The fourth-order valence-corrected chi connectivity index (χ4v) is 7.52. The molecule has 10 heteroatoms. The van der Waals surface area contributed by atoms with Crippen LogP contribution in [-0.2, 0) is 6.54 Å². The Hall–Kier alpha value is -4.70. The highest BCUT2D eigenvalue weighted by atomic mass is 19.1. The summed E-state index contributed by atoms with van der Waals surface area (Å²) < 4.78 is 19.4. The molecule has 5 aromatic rings. The number of carbonyl (C=O) groups is 2. The summed E-state index contributed by atoms with van der Waals surface area (Å²) in [5.74, 6) is -0.0375. The maximum Gasteiger partial charge on any atom is 0.277 e. The quantitative estimate of drug-likeness (QED) is 0.311. The number of aromatic nitrogens is 4. The Morgan fingerprint density at radius 2 is 1.95 bits per heavy atom. The van der Waals surface area contributed by atoms with E-state index in [-0.39, 0.29) is 29.5 Å². The number of hydrogen-bond donors (Lipinski definition) is 1. The number of piperidine rings is 1. The lowest BCUT2D eigenvalue weighted by molar-refractivity contribution is 0.0699. The fourth-order valence-electron chi connectivity index (χ4n) is 7.52. The second-order valence-electron chi connectivity index (χ2n) is 12.8. The summed E-state index contributed by atoms with van der Waals surface area (Å²) in [6.45, 7) is 3.28. The van der Waals surface area contributed by atoms with Crippen LogP contribution in [0.1, 0.15) is 57.5 Å². The SMILES string of the molecule is Cc1c(-c2cc3ccc(-c4ccc5c(c4)C(=O)N=C5)nc3n2CC2CC2)nn2cc(C(=O)N3CC4CCC3[C@@H]4N)cc(F)c12. The summed E-state index contributed by atoms with van der Waals surface area (Å²) in [5.41, 5.74) is 13.0. The van der Waals surface area contributed by atoms with Crippen molar-refractivity contribution in [2.45, 2.75) is 51.2 Å². The Kier molecular flexibility index (Phi) is 5.36. The van der Waals surface area contributed by atoms with Crippen LogP contribution in [0.4, 0.5) is 4.39 Å². The molecule has 0 radical (unpaired) electrons. The van der Waals surface area contributed by atoms with Crippen LogP contribution in [0.2, 0.25) is 0 Å². The smallest absolute Gasteiger partial charge is 0.277 e. The third-order valence-corrected chi connectivity index (χ3v) is 10.1. The van der Waals surface area contributed by atoms with Crippen molar-refractivity contribution in [3.63, 3.8) is 0 Å². The molecule has 4 aliphatic rings. The van der Waals surface area contributed by atoms with E-state index in [4.69, 9.17) is 15.8 Å². The number of fused-ring (bicyclic) bond motifs is 5. The molecule has 1 aromatic carbocycles. The Morgan fingerprint density at radius 3 is 2.73 bits per heavy atom. The molecule has 2 aliphatic carbocycles. The number of aliphatic imine (C=N–C) groups is 1. The molecule has 44 heavy (non-hydrogen) atoms. The number of pyridine rings is 2. The zero-order valence-electron chi connectivity index (χ0n) is 24.2. The Balaban J connectivity index is 1.14. The maximum absolute atomic E-state index is 15.7. The highest BCUT2D eigenvalue weighted by Crippen LogP contribution is 2.39. The predicted molar refractivity (Wildman–Crippen MR) is 164 cm³/mol. The molecule has 2 unspecified atom stereocenters. The largest absolute Gasteiger partial charge is 0.334 e. The van der Waals surface area contributed by atoms with Gasteiger partial charge in [0.1, 0.15) is 22.7 Å². The highest BCUT2D eigenvalue weighted by molar-refractivity contribution is 6.13. The number of nitrogens with two attached hydrogens (primary N) is 1. The lowest BCUT2D eigenvalue weighted by Crippen LogP contribution is -2.41. The van der Waals surface area contributed by atoms with E-state index in [0.717, 1.165) is 65.8 Å². The van der Waals surface area contributed by atoms with Crippen molar-refractivity contribution >= 4 is 34.6 Å². The number of nitrogens with zero attached hydrogens (tertiary/aromatic N) is 6. The van der Waals surface area contributed by atoms with E-state index in [2.05, 4.69) is 15.6 Å². The van der Waals surface area contributed by atoms with Crippen LogP contribution >= 0.6 is 0 Å². The van der Waals surface area contributed by atoms with Crippen molar-refractivity contribution in [3.05, 3.63) is 76.7 Å². The summed E-state index contributed by atoms with van der Waals surface area (Å²) in [5, 5.41) is 5.83. The van der Waals surface area contributed by atoms with E-state index in [1.165, 1.54) is 10.6 Å². The first kappa shape index (κ1) is 25.8. The van der Waals surface area contributed by atoms with Crippen molar-refractivity contribution < 1.29 is 14.0 Å². The molecule has 3 atom stereocenters. The van der Waals surface area contributed by atoms with Gasteiger partial charge in [0.15, 0.2) is 0 Å². The monoisotopic (exact) mass is 587 g/mol. The van der Waals surface area contributed by atoms with Crippen LogP contribution in [0.5, 0.6) is 0 Å². The summed E-state index contributed by atoms with van der Waals surface area (Å²) in [4.78, 5) is 36.5. The van der Waals surface area contributed by atoms with Gasteiger partial charge in [-0.1, -0.05) is 12.1 Å². The van der Waals surface area contributed by atoms with Crippen LogP contribution < -0.4 is 5.73 Å². The van der Waals surface area contributed by atoms with Gasteiger partial charge in [-0.05, 0) is 74.8 Å². The normalized spacial score (nSPS) is 22.2. The fraction of sp³-hybridized carbons (Fsp3) is 0.324. The number of carbonyl (C=O) groups excluding carboxylic acids is 2. The minimum Gasteiger partial charge on any atom is -0.334 e. The van der Waals surface area contributed by atoms with Crippen LogP contribution in [0, 0.1) is 24.6 Å². The van der Waals surface area contributed by atoms with Gasteiger partial charge in [0.2, 0.25) is 0 Å². The van der Waals surface area contributed by atoms with Crippen LogP contribution in [-0.4, -0.2) is 60.7 Å². The molecular formula is C34H30FN7O2. The molecule has 2 saturated carbocycles. The molecule has 0 spiro atoms. The van der Waals surface area contributed by atoms with Gasteiger partial charge in [-0.2, -0.15) is 5.10 Å². The maximum atomic E-state index is 15.7. The minimum absolute atomic E-state index is 0.00667. The number of aryl methyl sites for hydroxylation is 1. The number of halogens is 1. The lowest BCUT2D eigenvalue weighted by Gasteiger charge is -2.27. The van der Waals surface area contributed by atoms with Gasteiger partial charge in [0.05, 0.1) is 22.5 Å². The van der Waals surface area contributed by atoms with E-state index in [9.17, 15) is 9.59 Å². The van der Waals surface area contributed by atoms with Gasteiger partial charge in [-0.15, -0.1) is 0 Å². The van der Waals surface area contributed by atoms with Gasteiger partial charge < -0.3 is 15.2 Å². The van der Waals surface area contributed by atoms with E-state index in [1.54, 1.807) is 12.4 Å². The topological polar surface area (TPSA) is 111 Å². The molecule has 2 amide bonds. The van der Waals surface area contributed by atoms with Gasteiger partial charge >= 0.3 is 0 Å². The molecule has 4 aromatic heterocycles. The second-order valence-corrected chi connectivity index (χ2v) is 12.8. The van der Waals surface area contributed by atoms with Gasteiger partial charge in [-0.3, -0.25) is 9.59 Å². The van der Waals surface area contributed by atoms with Gasteiger partial charge in [-0.25, -0.2) is 18.9 Å². The first-order valence-corrected chi connectivity index (χ1v) is 15.3. The standard InChI is InChI=1S/C34H30FN7O2/c1-17-30(39-42-16-23(11-25(35)31(17)42)34(44)41-15-22-7-9-27(41)29(22)36)28-12-20-6-8-26(38-32(20)40(28)14-18-2-3-18)19-4-5-21-13-37-33(43)24(21)10-19/h4-6,8,10-13,16,18,22,27,29H,2-3,7,9,14-15,36H2,1H3/t22?,27?,29-/m1/s1. The summed E-state index contributed by atoms with van der Waals surface area (Å²) in [6.07, 6.45) is 7.48. The van der Waals surface area contributed by atoms with E-state index < -0.39 is 5.82 Å². The molecule has 2 bridgehead atoms. The molecule has 220 valence electrons. The van der Waals surface area contributed by atoms with E-state index >= 15 is 4.39 Å². The Labute approximate surface area is 252 Å². The summed E-state index contributed by atoms with van der Waals surface area (Å²) in [7, 11) is 0. The first-order chi connectivity index (χ1) is 21.3. The third-order valence-electron chi connectivity index (χ3n) is 10.1. The molecule has 2 aliphatic heterocycles. The Morgan fingerprint density at radius 1 is 1.09 bits per heavy atom. The number of rotatable bonds is 5. The molecule has 9 nitrogen and oxygen atoms in total. The minimum atomic E-state index is -0.471. The molecule has 1 saturated heterocycles. The van der Waals surface area contributed by atoms with Crippen LogP contribution in [0.25, 0.3) is 39.2 Å². The average molecular weight is 588 g/mol. The Bertz CT molecular complexity index is 2110. The van der Waals surface area contributed by atoms with Crippen molar-refractivity contribution in [1.29, 1.82) is 0 Å². The van der Waals surface area contributed by atoms with Crippen LogP contribution in [0.3, 0.4) is 0 Å². The summed E-state index contributed by atoms with van der Waals surface area (Å²) in [6, 6.07) is 13.1. The molecular weight excluding hydrogens is 557 g/mol. The van der Waals surface area contributed by atoms with E-state index in [1.807, 2.05) is 42.2 Å². The average Bonchev–Trinajstić information content (AvgIpc) is 3.24.